The molecule has 3 N–H and O–H groups in total. The van der Waals surface area contributed by atoms with Crippen LogP contribution in [-0.2, 0) is 19.9 Å². The summed E-state index contributed by atoms with van der Waals surface area (Å²) in [5.41, 5.74) is -0.987. The second-order valence-electron chi connectivity index (χ2n) is 3.86. The molecule has 0 radical (unpaired) electrons. The largest absolute Gasteiger partial charge is 0.481 e. The molecule has 116 valence electrons. The third-order valence-electron chi connectivity index (χ3n) is 2.82. The molecule has 1 aromatic heterocycles. The van der Waals surface area contributed by atoms with E-state index >= 15 is 0 Å². The van der Waals surface area contributed by atoms with E-state index in [9.17, 15) is 14.4 Å². The van der Waals surface area contributed by atoms with E-state index < -0.39 is 17.4 Å². The van der Waals surface area contributed by atoms with Crippen molar-refractivity contribution in [1.29, 1.82) is 0 Å². The van der Waals surface area contributed by atoms with Gasteiger partial charge in [0.1, 0.15) is 5.54 Å². The summed E-state index contributed by atoms with van der Waals surface area (Å²) in [6, 6.07) is 4.96. The summed E-state index contributed by atoms with van der Waals surface area (Å²) in [7, 11) is 1.51. The quantitative estimate of drug-likeness (QED) is 0.638. The van der Waals surface area contributed by atoms with Crippen LogP contribution >= 0.6 is 0 Å². The number of pyridine rings is 1. The van der Waals surface area contributed by atoms with Gasteiger partial charge in [-0.15, -0.1) is 0 Å². The normalized spacial score (nSPS) is 12.3. The van der Waals surface area contributed by atoms with Gasteiger partial charge in [0.05, 0.1) is 5.69 Å². The number of nitrogens with one attached hydrogen (secondary N) is 2. The number of imide groups is 1. The molecule has 21 heavy (non-hydrogen) atoms. The molecule has 0 aromatic carbocycles. The predicted molar refractivity (Wildman–Crippen MR) is 77.4 cm³/mol. The maximum atomic E-state index is 12.1. The van der Waals surface area contributed by atoms with Crippen molar-refractivity contribution >= 4 is 18.3 Å². The lowest BCUT2D eigenvalue weighted by atomic mass is 9.88. The molecule has 0 saturated heterocycles. The van der Waals surface area contributed by atoms with Crippen LogP contribution in [0, 0.1) is 0 Å². The smallest absolute Gasteiger partial charge is 0.303 e. The molecule has 2 amide bonds. The van der Waals surface area contributed by atoms with Gasteiger partial charge in [-0.05, 0) is 25.6 Å². The summed E-state index contributed by atoms with van der Waals surface area (Å²) >= 11 is 0. The van der Waals surface area contributed by atoms with E-state index in [4.69, 9.17) is 5.11 Å². The summed E-state index contributed by atoms with van der Waals surface area (Å²) in [6.45, 7) is 4.00. The third-order valence-corrected chi connectivity index (χ3v) is 2.82. The Morgan fingerprint density at radius 1 is 1.38 bits per heavy atom. The number of aromatic nitrogens is 1. The zero-order chi connectivity index (χ0) is 16.3. The lowest BCUT2D eigenvalue weighted by Crippen LogP contribution is -2.53. The number of amides is 2. The molecule has 1 atom stereocenters. The van der Waals surface area contributed by atoms with Crippen LogP contribution in [0.1, 0.15) is 32.4 Å². The Balaban J connectivity index is 0.00000191. The number of carboxylic acids is 1. The summed E-state index contributed by atoms with van der Waals surface area (Å²) in [6.07, 6.45) is 1.51. The van der Waals surface area contributed by atoms with Crippen LogP contribution in [0.25, 0.3) is 0 Å². The highest BCUT2D eigenvalue weighted by molar-refractivity contribution is 5.94. The molecule has 1 rings (SSSR count). The fourth-order valence-electron chi connectivity index (χ4n) is 1.81. The standard InChI is InChI=1S/C12H15N3O4.C2H6/c1-13-12(6-5-10(17)18,11(19)15-8-16)9-4-2-3-7-14-9;1-2/h2-4,7-8,13H,5-6H2,1H3,(H,17,18)(H,15,16,19);1-2H3. The van der Waals surface area contributed by atoms with Crippen molar-refractivity contribution in [2.24, 2.45) is 0 Å². The first-order chi connectivity index (χ1) is 10.1. The van der Waals surface area contributed by atoms with Gasteiger partial charge in [-0.1, -0.05) is 19.9 Å². The monoisotopic (exact) mass is 295 g/mol. The number of carboxylic acid groups (broad SMARTS) is 1. The topological polar surface area (TPSA) is 108 Å². The summed E-state index contributed by atoms with van der Waals surface area (Å²) in [4.78, 5) is 37.3. The maximum Gasteiger partial charge on any atom is 0.303 e. The van der Waals surface area contributed by atoms with Crippen molar-refractivity contribution in [2.75, 3.05) is 7.05 Å². The minimum absolute atomic E-state index is 0.0183. The fraction of sp³-hybridized carbons (Fsp3) is 0.429. The first kappa shape index (κ1) is 18.7. The van der Waals surface area contributed by atoms with Crippen molar-refractivity contribution < 1.29 is 19.5 Å². The van der Waals surface area contributed by atoms with Crippen LogP contribution in [0.15, 0.2) is 24.4 Å². The van der Waals surface area contributed by atoms with E-state index in [0.29, 0.717) is 5.69 Å². The molecule has 0 saturated carbocycles. The van der Waals surface area contributed by atoms with E-state index in [0.717, 1.165) is 0 Å². The molecule has 1 aromatic rings. The average Bonchev–Trinajstić information content (AvgIpc) is 2.51. The molecule has 0 aliphatic carbocycles. The number of likely N-dealkylation sites (N-methyl/N-ethyl adjacent to an activating group) is 1. The second-order valence-corrected chi connectivity index (χ2v) is 3.86. The van der Waals surface area contributed by atoms with Crippen LogP contribution in [-0.4, -0.2) is 35.4 Å². The van der Waals surface area contributed by atoms with Gasteiger partial charge in [0.15, 0.2) is 0 Å². The van der Waals surface area contributed by atoms with Crippen molar-refractivity contribution in [3.63, 3.8) is 0 Å². The van der Waals surface area contributed by atoms with Crippen LogP contribution in [0.4, 0.5) is 0 Å². The second kappa shape index (κ2) is 9.60. The predicted octanol–water partition coefficient (Wildman–Crippen LogP) is 0.660. The molecule has 0 aliphatic heterocycles. The van der Waals surface area contributed by atoms with Gasteiger partial charge in [-0.3, -0.25) is 24.7 Å². The Morgan fingerprint density at radius 3 is 2.48 bits per heavy atom. The summed E-state index contributed by atoms with van der Waals surface area (Å²) < 4.78 is 0. The van der Waals surface area contributed by atoms with Crippen molar-refractivity contribution in [2.45, 2.75) is 32.2 Å². The summed E-state index contributed by atoms with van der Waals surface area (Å²) in [5, 5.41) is 13.6. The molecule has 7 heteroatoms. The van der Waals surface area contributed by atoms with E-state index in [1.165, 1.54) is 13.2 Å². The lowest BCUT2D eigenvalue weighted by Gasteiger charge is -2.30. The van der Waals surface area contributed by atoms with Crippen LogP contribution in [0.2, 0.25) is 0 Å². The average molecular weight is 295 g/mol. The number of carbonyl (C=O) groups is 3. The zero-order valence-corrected chi connectivity index (χ0v) is 12.4. The van der Waals surface area contributed by atoms with E-state index in [1.54, 1.807) is 18.2 Å². The highest BCUT2D eigenvalue weighted by atomic mass is 16.4. The maximum absolute atomic E-state index is 12.1. The molecule has 0 fully saturated rings. The van der Waals surface area contributed by atoms with Gasteiger partial charge in [0.25, 0.3) is 5.91 Å². The lowest BCUT2D eigenvalue weighted by molar-refractivity contribution is -0.138. The van der Waals surface area contributed by atoms with Gasteiger partial charge >= 0.3 is 5.97 Å². The van der Waals surface area contributed by atoms with Crippen molar-refractivity contribution in [1.82, 2.24) is 15.6 Å². The highest BCUT2D eigenvalue weighted by Gasteiger charge is 2.40. The molecule has 0 bridgehead atoms. The van der Waals surface area contributed by atoms with Gasteiger partial charge in [-0.25, -0.2) is 0 Å². The molecule has 7 nitrogen and oxygen atoms in total. The van der Waals surface area contributed by atoms with Crippen molar-refractivity contribution in [3.8, 4) is 0 Å². The fourth-order valence-corrected chi connectivity index (χ4v) is 1.81. The minimum Gasteiger partial charge on any atom is -0.481 e. The Labute approximate surface area is 123 Å². The van der Waals surface area contributed by atoms with E-state index in [1.807, 2.05) is 19.2 Å². The number of hydrogen-bond donors (Lipinski definition) is 3. The number of nitrogens with zero attached hydrogens (tertiary/aromatic N) is 1. The van der Waals surface area contributed by atoms with Gasteiger partial charge < -0.3 is 10.4 Å². The SMILES string of the molecule is CC.CNC(CCC(=O)O)(C(=O)NC=O)c1ccccn1. The van der Waals surface area contributed by atoms with Crippen molar-refractivity contribution in [3.05, 3.63) is 30.1 Å². The number of carbonyl (C=O) groups excluding carboxylic acids is 2. The Kier molecular flexibility index (Phi) is 8.55. The first-order valence-corrected chi connectivity index (χ1v) is 6.63. The molecule has 1 unspecified atom stereocenters. The molecule has 0 spiro atoms. The summed E-state index contributed by atoms with van der Waals surface area (Å²) in [5.74, 6) is -1.67. The Morgan fingerprint density at radius 2 is 2.05 bits per heavy atom. The molecule has 0 aliphatic rings. The number of rotatable bonds is 7. The Hall–Kier alpha value is -2.28. The number of aliphatic carboxylic acids is 1. The number of hydrogen-bond acceptors (Lipinski definition) is 5. The van der Waals surface area contributed by atoms with Crippen LogP contribution in [0.5, 0.6) is 0 Å². The van der Waals surface area contributed by atoms with Gasteiger partial charge in [0, 0.05) is 12.6 Å². The highest BCUT2D eigenvalue weighted by Crippen LogP contribution is 2.25. The van der Waals surface area contributed by atoms with E-state index in [2.05, 4.69) is 10.3 Å². The molecule has 1 heterocycles. The van der Waals surface area contributed by atoms with E-state index in [-0.39, 0.29) is 19.3 Å². The zero-order valence-electron chi connectivity index (χ0n) is 12.4. The van der Waals surface area contributed by atoms with Crippen LogP contribution in [0.3, 0.4) is 0 Å². The molecular formula is C14H21N3O4. The van der Waals surface area contributed by atoms with Crippen LogP contribution < -0.4 is 10.6 Å². The van der Waals surface area contributed by atoms with Gasteiger partial charge in [-0.2, -0.15) is 0 Å². The molecular weight excluding hydrogens is 274 g/mol. The van der Waals surface area contributed by atoms with Gasteiger partial charge in [0.2, 0.25) is 6.41 Å². The first-order valence-electron chi connectivity index (χ1n) is 6.63. The third kappa shape index (κ3) is 4.96. The Bertz CT molecular complexity index is 465. The minimum atomic E-state index is -1.35.